The van der Waals surface area contributed by atoms with Crippen LogP contribution in [-0.4, -0.2) is 9.97 Å². The Labute approximate surface area is 294 Å². The minimum Gasteiger partial charge on any atom is -0.228 e. The number of thiophene rings is 1. The summed E-state index contributed by atoms with van der Waals surface area (Å²) < 4.78 is 1.33. The van der Waals surface area contributed by atoms with Crippen molar-refractivity contribution < 1.29 is 0 Å². The molecule has 0 bridgehead atoms. The summed E-state index contributed by atoms with van der Waals surface area (Å²) in [6, 6.07) is 61.6. The van der Waals surface area contributed by atoms with Crippen LogP contribution >= 0.6 is 11.3 Å². The highest BCUT2D eigenvalue weighted by Gasteiger charge is 2.53. The van der Waals surface area contributed by atoms with Gasteiger partial charge in [0.2, 0.25) is 0 Å². The molecule has 1 spiro atoms. The summed E-state index contributed by atoms with van der Waals surface area (Å²) in [6.07, 6.45) is 0. The van der Waals surface area contributed by atoms with E-state index in [1.807, 2.05) is 11.3 Å². The normalized spacial score (nSPS) is 15.3. The molecule has 0 N–H and O–H groups in total. The topological polar surface area (TPSA) is 25.8 Å². The molecule has 0 radical (unpaired) electrons. The quantitative estimate of drug-likeness (QED) is 0.190. The zero-order valence-electron chi connectivity index (χ0n) is 27.0. The molecule has 0 saturated carbocycles. The first-order valence-corrected chi connectivity index (χ1v) is 17.9. The minimum atomic E-state index is -0.409. The van der Waals surface area contributed by atoms with Crippen molar-refractivity contribution in [3.63, 3.8) is 0 Å². The Morgan fingerprint density at radius 3 is 1.92 bits per heavy atom. The molecule has 11 rings (SSSR count). The van der Waals surface area contributed by atoms with Gasteiger partial charge in [-0.05, 0) is 68.4 Å². The Bertz CT molecular complexity index is 2830. The van der Waals surface area contributed by atoms with Gasteiger partial charge in [-0.3, -0.25) is 0 Å². The van der Waals surface area contributed by atoms with E-state index < -0.39 is 5.41 Å². The van der Waals surface area contributed by atoms with Gasteiger partial charge in [0, 0.05) is 37.2 Å². The summed E-state index contributed by atoms with van der Waals surface area (Å²) in [5.74, 6) is 0.726. The van der Waals surface area contributed by atoms with Crippen molar-refractivity contribution in [1.29, 1.82) is 0 Å². The van der Waals surface area contributed by atoms with Crippen molar-refractivity contribution in [2.45, 2.75) is 5.41 Å². The van der Waals surface area contributed by atoms with Crippen LogP contribution in [0.25, 0.3) is 77.0 Å². The molecular formula is C47H28N2S. The zero-order valence-corrected chi connectivity index (χ0v) is 27.8. The SMILES string of the molecule is c1ccc(-c2cc(-c3ccc4c(c3)C3(c5ccccc5-4)c4ccccc4-c4c3sc3ccccc43)nc(-c3ccc4ccccc4c3)n2)cc1. The van der Waals surface area contributed by atoms with E-state index in [1.165, 1.54) is 64.7 Å². The van der Waals surface area contributed by atoms with Crippen molar-refractivity contribution in [2.24, 2.45) is 0 Å². The molecule has 2 aliphatic carbocycles. The van der Waals surface area contributed by atoms with Crippen LogP contribution in [0.2, 0.25) is 0 Å². The number of hydrogen-bond acceptors (Lipinski definition) is 3. The van der Waals surface area contributed by atoms with Crippen molar-refractivity contribution >= 4 is 32.2 Å². The largest absolute Gasteiger partial charge is 0.228 e. The second-order valence-corrected chi connectivity index (χ2v) is 14.3. The maximum atomic E-state index is 5.31. The summed E-state index contributed by atoms with van der Waals surface area (Å²) in [7, 11) is 0. The van der Waals surface area contributed by atoms with E-state index in [2.05, 4.69) is 170 Å². The van der Waals surface area contributed by atoms with Crippen LogP contribution in [0.4, 0.5) is 0 Å². The maximum absolute atomic E-state index is 5.31. The van der Waals surface area contributed by atoms with Crippen LogP contribution in [-0.2, 0) is 5.41 Å². The molecule has 2 aromatic heterocycles. The molecule has 7 aromatic carbocycles. The number of fused-ring (bicyclic) bond motifs is 13. The number of aromatic nitrogens is 2. The molecule has 0 aliphatic heterocycles. The van der Waals surface area contributed by atoms with Crippen molar-refractivity contribution in [2.75, 3.05) is 0 Å². The standard InChI is InChI=1S/C47H28N2S/c1-2-13-30(14-3-1)41-28-42(49-46(48-41)33-23-22-29-12-4-5-15-31(29)26-33)32-24-25-35-34-16-6-9-19-38(34)47(40(35)27-32)39-20-10-7-17-36(39)44-37-18-8-11-21-43(37)50-45(44)47/h1-28H. The Kier molecular flexibility index (Phi) is 5.78. The summed E-state index contributed by atoms with van der Waals surface area (Å²) in [5, 5.41) is 3.72. The predicted molar refractivity (Wildman–Crippen MR) is 208 cm³/mol. The first-order valence-electron chi connectivity index (χ1n) is 17.1. The van der Waals surface area contributed by atoms with Gasteiger partial charge in [-0.2, -0.15) is 0 Å². The van der Waals surface area contributed by atoms with E-state index in [0.717, 1.165) is 33.9 Å². The van der Waals surface area contributed by atoms with Gasteiger partial charge in [-0.25, -0.2) is 9.97 Å². The van der Waals surface area contributed by atoms with E-state index in [0.29, 0.717) is 0 Å². The van der Waals surface area contributed by atoms with Gasteiger partial charge < -0.3 is 0 Å². The Hall–Kier alpha value is -6.16. The van der Waals surface area contributed by atoms with Crippen molar-refractivity contribution in [3.05, 3.63) is 191 Å². The smallest absolute Gasteiger partial charge is 0.160 e. The zero-order chi connectivity index (χ0) is 32.8. The van der Waals surface area contributed by atoms with Crippen LogP contribution in [0.15, 0.2) is 170 Å². The second-order valence-electron chi connectivity index (χ2n) is 13.3. The first kappa shape index (κ1) is 27.8. The molecule has 50 heavy (non-hydrogen) atoms. The van der Waals surface area contributed by atoms with E-state index in [4.69, 9.17) is 9.97 Å². The molecule has 3 heteroatoms. The van der Waals surface area contributed by atoms with Crippen LogP contribution in [0.3, 0.4) is 0 Å². The molecule has 2 aliphatic rings. The lowest BCUT2D eigenvalue weighted by atomic mass is 9.73. The highest BCUT2D eigenvalue weighted by atomic mass is 32.1. The summed E-state index contributed by atoms with van der Waals surface area (Å²) in [5.41, 5.74) is 13.9. The fourth-order valence-electron chi connectivity index (χ4n) is 8.51. The summed E-state index contributed by atoms with van der Waals surface area (Å²) in [4.78, 5) is 11.9. The number of hydrogen-bond donors (Lipinski definition) is 0. The number of nitrogens with zero attached hydrogens (tertiary/aromatic N) is 2. The van der Waals surface area contributed by atoms with Gasteiger partial charge >= 0.3 is 0 Å². The summed E-state index contributed by atoms with van der Waals surface area (Å²) >= 11 is 1.94. The molecule has 2 nitrogen and oxygen atoms in total. The van der Waals surface area contributed by atoms with Crippen LogP contribution < -0.4 is 0 Å². The molecule has 2 heterocycles. The number of rotatable bonds is 3. The van der Waals surface area contributed by atoms with Gasteiger partial charge in [-0.15, -0.1) is 11.3 Å². The van der Waals surface area contributed by atoms with E-state index >= 15 is 0 Å². The third-order valence-electron chi connectivity index (χ3n) is 10.7. The maximum Gasteiger partial charge on any atom is 0.160 e. The first-order chi connectivity index (χ1) is 24.8. The van der Waals surface area contributed by atoms with Crippen LogP contribution in [0, 0.1) is 0 Å². The van der Waals surface area contributed by atoms with E-state index in [1.54, 1.807) is 0 Å². The third kappa shape index (κ3) is 3.78. The van der Waals surface area contributed by atoms with Crippen molar-refractivity contribution in [3.8, 4) is 56.2 Å². The molecule has 1 atom stereocenters. The van der Waals surface area contributed by atoms with Gasteiger partial charge in [0.1, 0.15) is 0 Å². The molecule has 0 fully saturated rings. The van der Waals surface area contributed by atoms with E-state index in [9.17, 15) is 0 Å². The Morgan fingerprint density at radius 1 is 0.420 bits per heavy atom. The van der Waals surface area contributed by atoms with E-state index in [-0.39, 0.29) is 0 Å². The third-order valence-corrected chi connectivity index (χ3v) is 12.0. The monoisotopic (exact) mass is 652 g/mol. The molecule has 1 unspecified atom stereocenters. The average Bonchev–Trinajstić information content (AvgIpc) is 3.81. The molecule has 9 aromatic rings. The van der Waals surface area contributed by atoms with Crippen LogP contribution in [0.5, 0.6) is 0 Å². The lowest BCUT2D eigenvalue weighted by molar-refractivity contribution is 0.812. The Morgan fingerprint density at radius 2 is 1.06 bits per heavy atom. The highest BCUT2D eigenvalue weighted by Crippen LogP contribution is 2.66. The highest BCUT2D eigenvalue weighted by molar-refractivity contribution is 7.20. The van der Waals surface area contributed by atoms with Crippen molar-refractivity contribution in [1.82, 2.24) is 9.97 Å². The molecule has 0 amide bonds. The van der Waals surface area contributed by atoms with Gasteiger partial charge in [-0.1, -0.05) is 146 Å². The van der Waals surface area contributed by atoms with Crippen LogP contribution in [0.1, 0.15) is 21.6 Å². The Balaban J connectivity index is 1.18. The summed E-state index contributed by atoms with van der Waals surface area (Å²) in [6.45, 7) is 0. The average molecular weight is 653 g/mol. The number of benzene rings is 7. The van der Waals surface area contributed by atoms with Gasteiger partial charge in [0.15, 0.2) is 5.82 Å². The molecule has 0 saturated heterocycles. The lowest BCUT2D eigenvalue weighted by Crippen LogP contribution is -2.25. The minimum absolute atomic E-state index is 0.409. The molecule has 232 valence electrons. The predicted octanol–water partition coefficient (Wildman–Crippen LogP) is 12.2. The van der Waals surface area contributed by atoms with Gasteiger partial charge in [0.05, 0.1) is 16.8 Å². The molecular weight excluding hydrogens is 625 g/mol. The fourth-order valence-corrected chi connectivity index (χ4v) is 9.96. The lowest BCUT2D eigenvalue weighted by Gasteiger charge is -2.29. The second kappa shape index (κ2) is 10.4. The fraction of sp³-hybridized carbons (Fsp3) is 0.0213. The van der Waals surface area contributed by atoms with Gasteiger partial charge in [0.25, 0.3) is 0 Å².